The average molecular weight is 368 g/mol. The zero-order valence-electron chi connectivity index (χ0n) is 16.9. The number of piperidine rings is 1. The monoisotopic (exact) mass is 367 g/mol. The summed E-state index contributed by atoms with van der Waals surface area (Å²) in [5.41, 5.74) is 1.65. The second-order valence-electron chi connectivity index (χ2n) is 7.47. The van der Waals surface area contributed by atoms with Crippen LogP contribution in [0.4, 0.5) is 0 Å². The predicted molar refractivity (Wildman–Crippen MR) is 110 cm³/mol. The van der Waals surface area contributed by atoms with Crippen molar-refractivity contribution in [3.05, 3.63) is 47.7 Å². The molecular weight excluding hydrogens is 334 g/mol. The number of rotatable bonds is 9. The number of carbonyl (C=O) groups excluding carboxylic acids is 1. The van der Waals surface area contributed by atoms with Gasteiger partial charge in [0.2, 0.25) is 0 Å². The molecular formula is C23H33N3O. The van der Waals surface area contributed by atoms with Crippen LogP contribution >= 0.6 is 0 Å². The summed E-state index contributed by atoms with van der Waals surface area (Å²) in [7, 11) is 0. The quantitative estimate of drug-likeness (QED) is 0.480. The molecule has 1 aromatic rings. The second-order valence-corrected chi connectivity index (χ2v) is 7.47. The zero-order valence-corrected chi connectivity index (χ0v) is 16.9. The minimum atomic E-state index is -0.103. The first-order chi connectivity index (χ1) is 13.2. The van der Waals surface area contributed by atoms with Gasteiger partial charge in [0.15, 0.2) is 0 Å². The van der Waals surface area contributed by atoms with Crippen molar-refractivity contribution in [3.8, 4) is 6.07 Å². The number of nitriles is 1. The molecule has 0 unspecified atom stereocenters. The molecule has 0 aliphatic carbocycles. The van der Waals surface area contributed by atoms with Gasteiger partial charge in [-0.1, -0.05) is 50.6 Å². The van der Waals surface area contributed by atoms with Crippen molar-refractivity contribution in [3.63, 3.8) is 0 Å². The van der Waals surface area contributed by atoms with Crippen molar-refractivity contribution >= 4 is 5.91 Å². The van der Waals surface area contributed by atoms with Crippen LogP contribution in [0.15, 0.2) is 42.1 Å². The van der Waals surface area contributed by atoms with Gasteiger partial charge in [0.25, 0.3) is 5.91 Å². The summed E-state index contributed by atoms with van der Waals surface area (Å²) in [6.45, 7) is 7.57. The third-order valence-electron chi connectivity index (χ3n) is 5.24. The Bertz CT molecular complexity index is 639. The molecule has 1 aliphatic heterocycles. The zero-order chi connectivity index (χ0) is 19.5. The standard InChI is InChI=1S/C23H33N3O/c1-3-5-14-25(13-4-2)19-22(18-24)23(27)26-15-11-21(12-16-26)17-20-9-7-6-8-10-20/h6-10,19,21H,3-5,11-17H2,1-2H3/b22-19-. The summed E-state index contributed by atoms with van der Waals surface area (Å²) in [5.74, 6) is 0.514. The topological polar surface area (TPSA) is 47.3 Å². The Morgan fingerprint density at radius 3 is 2.48 bits per heavy atom. The minimum Gasteiger partial charge on any atom is -0.376 e. The Hall–Kier alpha value is -2.28. The lowest BCUT2D eigenvalue weighted by Gasteiger charge is -2.32. The molecule has 1 aliphatic rings. The molecule has 1 amide bonds. The van der Waals surface area contributed by atoms with Crippen LogP contribution in [-0.4, -0.2) is 41.9 Å². The van der Waals surface area contributed by atoms with Gasteiger partial charge in [-0.2, -0.15) is 5.26 Å². The van der Waals surface area contributed by atoms with E-state index < -0.39 is 0 Å². The molecule has 1 aromatic carbocycles. The number of hydrogen-bond donors (Lipinski definition) is 0. The highest BCUT2D eigenvalue weighted by Gasteiger charge is 2.25. The van der Waals surface area contributed by atoms with Crippen LogP contribution in [0.3, 0.4) is 0 Å². The van der Waals surface area contributed by atoms with Gasteiger partial charge in [-0.15, -0.1) is 0 Å². The van der Waals surface area contributed by atoms with Crippen molar-refractivity contribution in [2.45, 2.75) is 52.4 Å². The number of carbonyl (C=O) groups is 1. The van der Waals surface area contributed by atoms with E-state index in [2.05, 4.69) is 49.1 Å². The maximum atomic E-state index is 12.8. The molecule has 27 heavy (non-hydrogen) atoms. The summed E-state index contributed by atoms with van der Waals surface area (Å²) in [6.07, 6.45) is 8.08. The first-order valence-corrected chi connectivity index (χ1v) is 10.4. The van der Waals surface area contributed by atoms with Gasteiger partial charge in [0, 0.05) is 32.4 Å². The van der Waals surface area contributed by atoms with Crippen LogP contribution in [0.5, 0.6) is 0 Å². The Kier molecular flexibility index (Phi) is 8.91. The molecule has 0 saturated carbocycles. The molecule has 4 heteroatoms. The molecule has 1 fully saturated rings. The van der Waals surface area contributed by atoms with Gasteiger partial charge in [0.05, 0.1) is 0 Å². The summed E-state index contributed by atoms with van der Waals surface area (Å²) in [4.78, 5) is 16.8. The third-order valence-corrected chi connectivity index (χ3v) is 5.24. The number of amides is 1. The van der Waals surface area contributed by atoms with E-state index in [1.807, 2.05) is 11.0 Å². The van der Waals surface area contributed by atoms with Gasteiger partial charge in [0.1, 0.15) is 11.6 Å². The van der Waals surface area contributed by atoms with Crippen LogP contribution in [0.2, 0.25) is 0 Å². The number of nitrogens with zero attached hydrogens (tertiary/aromatic N) is 3. The highest BCUT2D eigenvalue weighted by atomic mass is 16.2. The molecule has 0 N–H and O–H groups in total. The Morgan fingerprint density at radius 1 is 1.19 bits per heavy atom. The lowest BCUT2D eigenvalue weighted by Crippen LogP contribution is -2.40. The molecule has 1 heterocycles. The van der Waals surface area contributed by atoms with Crippen LogP contribution in [0, 0.1) is 17.2 Å². The number of unbranched alkanes of at least 4 members (excludes halogenated alkanes) is 1. The second kappa shape index (κ2) is 11.4. The largest absolute Gasteiger partial charge is 0.376 e. The lowest BCUT2D eigenvalue weighted by molar-refractivity contribution is -0.128. The van der Waals surface area contributed by atoms with Gasteiger partial charge in [-0.3, -0.25) is 4.79 Å². The fourth-order valence-corrected chi connectivity index (χ4v) is 3.66. The SMILES string of the molecule is CCCCN(/C=C(/C#N)C(=O)N1CCC(Cc2ccccc2)CC1)CCC. The molecule has 0 atom stereocenters. The van der Waals surface area contributed by atoms with Crippen molar-refractivity contribution < 1.29 is 4.79 Å². The van der Waals surface area contributed by atoms with Crippen LogP contribution in [0.25, 0.3) is 0 Å². The van der Waals surface area contributed by atoms with Gasteiger partial charge in [-0.25, -0.2) is 0 Å². The van der Waals surface area contributed by atoms with Gasteiger partial charge < -0.3 is 9.80 Å². The number of likely N-dealkylation sites (tertiary alicyclic amines) is 1. The average Bonchev–Trinajstić information content (AvgIpc) is 2.71. The molecule has 0 spiro atoms. The summed E-state index contributed by atoms with van der Waals surface area (Å²) < 4.78 is 0. The Balaban J connectivity index is 1.92. The van der Waals surface area contributed by atoms with Crippen molar-refractivity contribution in [1.29, 1.82) is 5.26 Å². The van der Waals surface area contributed by atoms with E-state index in [1.165, 1.54) is 5.56 Å². The third kappa shape index (κ3) is 6.75. The first kappa shape index (κ1) is 21.0. The van der Waals surface area contributed by atoms with E-state index in [1.54, 1.807) is 6.20 Å². The van der Waals surface area contributed by atoms with E-state index in [9.17, 15) is 10.1 Å². The minimum absolute atomic E-state index is 0.103. The van der Waals surface area contributed by atoms with Gasteiger partial charge >= 0.3 is 0 Å². The molecule has 0 aromatic heterocycles. The molecule has 1 saturated heterocycles. The molecule has 0 radical (unpaired) electrons. The van der Waals surface area contributed by atoms with Crippen LogP contribution in [-0.2, 0) is 11.2 Å². The van der Waals surface area contributed by atoms with E-state index in [0.717, 1.165) is 64.7 Å². The molecule has 146 valence electrons. The van der Waals surface area contributed by atoms with Crippen molar-refractivity contribution in [1.82, 2.24) is 9.80 Å². The predicted octanol–water partition coefficient (Wildman–Crippen LogP) is 4.39. The summed E-state index contributed by atoms with van der Waals surface area (Å²) in [6, 6.07) is 12.7. The van der Waals surface area contributed by atoms with Crippen LogP contribution < -0.4 is 0 Å². The molecule has 4 nitrogen and oxygen atoms in total. The van der Waals surface area contributed by atoms with Gasteiger partial charge in [-0.05, 0) is 43.6 Å². The van der Waals surface area contributed by atoms with Crippen molar-refractivity contribution in [2.24, 2.45) is 5.92 Å². The fraction of sp³-hybridized carbons (Fsp3) is 0.565. The number of hydrogen-bond acceptors (Lipinski definition) is 3. The lowest BCUT2D eigenvalue weighted by atomic mass is 9.90. The van der Waals surface area contributed by atoms with E-state index in [-0.39, 0.29) is 11.5 Å². The van der Waals surface area contributed by atoms with Crippen molar-refractivity contribution in [2.75, 3.05) is 26.2 Å². The Labute approximate surface area is 164 Å². The maximum absolute atomic E-state index is 12.8. The highest BCUT2D eigenvalue weighted by Crippen LogP contribution is 2.22. The molecule has 0 bridgehead atoms. The van der Waals surface area contributed by atoms with E-state index >= 15 is 0 Å². The summed E-state index contributed by atoms with van der Waals surface area (Å²) in [5, 5.41) is 9.52. The maximum Gasteiger partial charge on any atom is 0.266 e. The highest BCUT2D eigenvalue weighted by molar-refractivity contribution is 5.97. The fourth-order valence-electron chi connectivity index (χ4n) is 3.66. The molecule has 2 rings (SSSR count). The van der Waals surface area contributed by atoms with E-state index in [0.29, 0.717) is 5.92 Å². The smallest absolute Gasteiger partial charge is 0.266 e. The number of benzene rings is 1. The summed E-state index contributed by atoms with van der Waals surface area (Å²) >= 11 is 0. The van der Waals surface area contributed by atoms with Crippen LogP contribution in [0.1, 0.15) is 51.5 Å². The normalized spacial score (nSPS) is 15.4. The Morgan fingerprint density at radius 2 is 1.89 bits per heavy atom. The van der Waals surface area contributed by atoms with E-state index in [4.69, 9.17) is 0 Å². The first-order valence-electron chi connectivity index (χ1n) is 10.4.